The van der Waals surface area contributed by atoms with Crippen LogP contribution in [0, 0.1) is 35.1 Å². The number of pyridine rings is 2. The van der Waals surface area contributed by atoms with Gasteiger partial charge in [-0.3, -0.25) is 18.7 Å². The van der Waals surface area contributed by atoms with Crippen LogP contribution in [-0.4, -0.2) is 9.97 Å². The molecule has 2 aromatic heterocycles. The van der Waals surface area contributed by atoms with Crippen molar-refractivity contribution in [1.29, 1.82) is 5.26 Å². The zero-order valence-corrected chi connectivity index (χ0v) is 18.5. The first kappa shape index (κ1) is 22.5. The zero-order valence-electron chi connectivity index (χ0n) is 16.2. The molecule has 0 aliphatic heterocycles. The van der Waals surface area contributed by atoms with Crippen LogP contribution in [0.25, 0.3) is 22.4 Å². The van der Waals surface area contributed by atoms with E-state index in [1.54, 1.807) is 48.7 Å². The average Bonchev–Trinajstić information content (AvgIpc) is 2.80. The summed E-state index contributed by atoms with van der Waals surface area (Å²) in [4.78, 5) is 8.81. The van der Waals surface area contributed by atoms with Crippen molar-refractivity contribution in [2.45, 2.75) is 12.8 Å². The number of benzene rings is 2. The molecule has 0 amide bonds. The summed E-state index contributed by atoms with van der Waals surface area (Å²) in [7, 11) is 0. The Morgan fingerprint density at radius 1 is 0.871 bits per heavy atom. The maximum atomic E-state index is 14.9. The first-order chi connectivity index (χ1) is 14.7. The predicted octanol–water partition coefficient (Wildman–Crippen LogP) is 5.34. The van der Waals surface area contributed by atoms with Crippen LogP contribution in [0.2, 0.25) is 0 Å². The Morgan fingerprint density at radius 3 is 2.32 bits per heavy atom. The van der Waals surface area contributed by atoms with E-state index < -0.39 is 17.2 Å². The number of aromatic nitrogens is 2. The molecule has 0 atom stereocenters. The van der Waals surface area contributed by atoms with Crippen molar-refractivity contribution in [3.05, 3.63) is 108 Å². The largest absolute Gasteiger partial charge is 2.00 e. The van der Waals surface area contributed by atoms with E-state index in [1.165, 1.54) is 0 Å². The fraction of sp³-hybridized carbons (Fsp3) is 0.0800. The van der Waals surface area contributed by atoms with E-state index in [4.69, 9.17) is 0 Å². The third-order valence-electron chi connectivity index (χ3n) is 4.64. The summed E-state index contributed by atoms with van der Waals surface area (Å²) in [6.45, 7) is 0. The molecule has 2 aromatic carbocycles. The average molecular weight is 590 g/mol. The van der Waals surface area contributed by atoms with Gasteiger partial charge in [0, 0.05) is 34.7 Å². The fourth-order valence-corrected chi connectivity index (χ4v) is 3.15. The standard InChI is InChI=1S/C25H15F2N3.Pt/c26-24-20(17-7-2-1-3-8-17)15-21(25(27)22(24)16-28)23-11-6-10-19(30-23)13-12-18-9-4-5-14-29-18;/h1-7,9-11,14H,12-13H2;/q-2;+2. The molecule has 3 nitrogen and oxygen atoms in total. The number of hydrogen-bond acceptors (Lipinski definition) is 3. The fourth-order valence-electron chi connectivity index (χ4n) is 3.15. The van der Waals surface area contributed by atoms with Gasteiger partial charge >= 0.3 is 21.1 Å². The maximum absolute atomic E-state index is 14.9. The van der Waals surface area contributed by atoms with Gasteiger partial charge in [-0.2, -0.15) is 41.2 Å². The molecule has 6 heteroatoms. The minimum Gasteiger partial charge on any atom is -0.292 e. The summed E-state index contributed by atoms with van der Waals surface area (Å²) < 4.78 is 29.7. The molecular weight excluding hydrogens is 575 g/mol. The van der Waals surface area contributed by atoms with Crippen molar-refractivity contribution >= 4 is 0 Å². The second-order valence-corrected chi connectivity index (χ2v) is 6.60. The Labute approximate surface area is 193 Å². The third kappa shape index (κ3) is 4.92. The monoisotopic (exact) mass is 590 g/mol. The predicted molar refractivity (Wildman–Crippen MR) is 109 cm³/mol. The number of hydrogen-bond donors (Lipinski definition) is 0. The van der Waals surface area contributed by atoms with Gasteiger partial charge in [0.05, 0.1) is 11.9 Å². The van der Waals surface area contributed by atoms with Crippen molar-refractivity contribution in [2.75, 3.05) is 0 Å². The van der Waals surface area contributed by atoms with Crippen LogP contribution in [0.5, 0.6) is 0 Å². The number of nitrogens with zero attached hydrogens (tertiary/aromatic N) is 3. The molecule has 0 N–H and O–H groups in total. The maximum Gasteiger partial charge on any atom is 2.00 e. The van der Waals surface area contributed by atoms with Crippen LogP contribution in [0.1, 0.15) is 17.0 Å². The van der Waals surface area contributed by atoms with Gasteiger partial charge < -0.3 is 0 Å². The molecule has 31 heavy (non-hydrogen) atoms. The van der Waals surface area contributed by atoms with Crippen LogP contribution >= 0.6 is 0 Å². The summed E-state index contributed by atoms with van der Waals surface area (Å²) in [6.07, 6.45) is 3.02. The van der Waals surface area contributed by atoms with Crippen LogP contribution in [0.4, 0.5) is 8.78 Å². The van der Waals surface area contributed by atoms with Crippen LogP contribution < -0.4 is 0 Å². The van der Waals surface area contributed by atoms with E-state index in [-0.39, 0.29) is 32.2 Å². The Kier molecular flexibility index (Phi) is 7.39. The van der Waals surface area contributed by atoms with Crippen molar-refractivity contribution < 1.29 is 29.8 Å². The van der Waals surface area contributed by atoms with Gasteiger partial charge in [-0.25, -0.2) is 5.56 Å². The quantitative estimate of drug-likeness (QED) is 0.295. The van der Waals surface area contributed by atoms with E-state index in [9.17, 15) is 14.0 Å². The molecular formula is C25H15F2N3Pt. The smallest absolute Gasteiger partial charge is 0.292 e. The van der Waals surface area contributed by atoms with E-state index in [0.717, 1.165) is 11.4 Å². The van der Waals surface area contributed by atoms with Gasteiger partial charge in [-0.05, 0) is 31.0 Å². The normalized spacial score (nSPS) is 10.2. The molecule has 0 radical (unpaired) electrons. The second-order valence-electron chi connectivity index (χ2n) is 6.60. The second kappa shape index (κ2) is 10.2. The molecule has 4 rings (SSSR count). The Bertz CT molecular complexity index is 1220. The molecule has 0 saturated carbocycles. The van der Waals surface area contributed by atoms with Crippen molar-refractivity contribution in [2.24, 2.45) is 0 Å². The minimum atomic E-state index is -0.968. The first-order valence-electron chi connectivity index (χ1n) is 9.35. The summed E-state index contributed by atoms with van der Waals surface area (Å²) in [5.74, 6) is -1.92. The molecule has 2 heterocycles. The van der Waals surface area contributed by atoms with Crippen molar-refractivity contribution in [3.8, 4) is 28.5 Å². The van der Waals surface area contributed by atoms with Gasteiger partial charge in [0.25, 0.3) is 0 Å². The minimum absolute atomic E-state index is 0. The van der Waals surface area contributed by atoms with Crippen LogP contribution in [-0.2, 0) is 33.9 Å². The molecule has 0 spiro atoms. The van der Waals surface area contributed by atoms with Gasteiger partial charge in [0.1, 0.15) is 0 Å². The SMILES string of the molecule is N#Cc1c(F)c(-c2[c-]cccc2)[c-]c(-c2cccc(CCc3ccccn3)n2)c1F.[Pt+2]. The summed E-state index contributed by atoms with van der Waals surface area (Å²) >= 11 is 0. The van der Waals surface area contributed by atoms with Crippen molar-refractivity contribution in [1.82, 2.24) is 9.97 Å². The topological polar surface area (TPSA) is 49.6 Å². The van der Waals surface area contributed by atoms with E-state index in [1.807, 2.05) is 24.3 Å². The summed E-state index contributed by atoms with van der Waals surface area (Å²) in [5, 5.41) is 9.33. The molecule has 154 valence electrons. The Hall–Kier alpha value is -3.22. The van der Waals surface area contributed by atoms with E-state index in [2.05, 4.69) is 22.1 Å². The molecule has 0 saturated heterocycles. The van der Waals surface area contributed by atoms with Gasteiger partial charge in [0.15, 0.2) is 0 Å². The molecule has 0 unspecified atom stereocenters. The number of nitriles is 1. The molecule has 4 aromatic rings. The molecule has 0 aliphatic carbocycles. The zero-order chi connectivity index (χ0) is 20.9. The number of rotatable bonds is 5. The third-order valence-corrected chi connectivity index (χ3v) is 4.64. The molecule has 0 bridgehead atoms. The van der Waals surface area contributed by atoms with Crippen LogP contribution in [0.15, 0.2) is 66.9 Å². The van der Waals surface area contributed by atoms with Gasteiger partial charge in [-0.15, -0.1) is 6.07 Å². The Morgan fingerprint density at radius 2 is 1.61 bits per heavy atom. The Balaban J connectivity index is 0.00000272. The summed E-state index contributed by atoms with van der Waals surface area (Å²) in [5.41, 5.74) is 1.64. The number of halogens is 2. The van der Waals surface area contributed by atoms with Crippen LogP contribution in [0.3, 0.4) is 0 Å². The number of aryl methyl sites for hydroxylation is 2. The van der Waals surface area contributed by atoms with E-state index >= 15 is 0 Å². The van der Waals surface area contributed by atoms with Gasteiger partial charge in [0.2, 0.25) is 0 Å². The van der Waals surface area contributed by atoms with Gasteiger partial charge in [-0.1, -0.05) is 23.8 Å². The summed E-state index contributed by atoms with van der Waals surface area (Å²) in [6, 6.07) is 24.9. The first-order valence-corrected chi connectivity index (χ1v) is 9.35. The van der Waals surface area contributed by atoms with E-state index in [0.29, 0.717) is 24.1 Å². The molecule has 0 aliphatic rings. The van der Waals surface area contributed by atoms with Crippen molar-refractivity contribution in [3.63, 3.8) is 0 Å². The molecule has 0 fully saturated rings.